The summed E-state index contributed by atoms with van der Waals surface area (Å²) in [5, 5.41) is 12.8. The van der Waals surface area contributed by atoms with Gasteiger partial charge in [-0.15, -0.1) is 0 Å². The molecule has 1 atom stereocenters. The van der Waals surface area contributed by atoms with Gasteiger partial charge in [-0.05, 0) is 17.7 Å². The molecule has 140 valence electrons. The van der Waals surface area contributed by atoms with Gasteiger partial charge in [0.25, 0.3) is 5.69 Å². The molecule has 2 heterocycles. The summed E-state index contributed by atoms with van der Waals surface area (Å²) in [6.07, 6.45) is 0.954. The average Bonchev–Trinajstić information content (AvgIpc) is 3.05. The van der Waals surface area contributed by atoms with Gasteiger partial charge in [0.05, 0.1) is 43.0 Å². The molecule has 1 aliphatic rings. The number of fused-ring (bicyclic) bond motifs is 3. The Balaban J connectivity index is 1.64. The Morgan fingerprint density at radius 2 is 1.93 bits per heavy atom. The maximum atomic E-state index is 11.5. The van der Waals surface area contributed by atoms with Crippen molar-refractivity contribution in [1.29, 1.82) is 0 Å². The number of nitro groups is 1. The number of nitrogens with zero attached hydrogens (tertiary/aromatic N) is 1. The molecule has 2 N–H and O–H groups in total. The third-order valence-electron chi connectivity index (χ3n) is 5.28. The van der Waals surface area contributed by atoms with E-state index >= 15 is 0 Å². The van der Waals surface area contributed by atoms with Crippen LogP contribution in [0.25, 0.3) is 10.9 Å². The van der Waals surface area contributed by atoms with Gasteiger partial charge >= 0.3 is 0 Å². The zero-order valence-electron chi connectivity index (χ0n) is 15.4. The van der Waals surface area contributed by atoms with E-state index in [0.29, 0.717) is 23.6 Å². The number of methoxy groups -OCH3 is 2. The number of hydrogen-bond donors (Lipinski definition) is 2. The first kappa shape index (κ1) is 17.4. The van der Waals surface area contributed by atoms with Crippen LogP contribution in [-0.2, 0) is 19.5 Å². The lowest BCUT2D eigenvalue weighted by atomic mass is 10.0. The number of rotatable bonds is 5. The number of hydrogen-bond acceptors (Lipinski definition) is 4. The number of benzene rings is 2. The van der Waals surface area contributed by atoms with Crippen molar-refractivity contribution in [2.24, 2.45) is 0 Å². The van der Waals surface area contributed by atoms with Crippen LogP contribution in [0, 0.1) is 10.1 Å². The van der Waals surface area contributed by atoms with Crippen LogP contribution < -0.4 is 14.4 Å². The van der Waals surface area contributed by atoms with Crippen molar-refractivity contribution in [2.45, 2.75) is 19.5 Å². The minimum absolute atomic E-state index is 0.0718. The molecule has 3 aromatic rings. The third kappa shape index (κ3) is 3.10. The van der Waals surface area contributed by atoms with E-state index in [9.17, 15) is 10.1 Å². The van der Waals surface area contributed by atoms with Gasteiger partial charge in [0.2, 0.25) is 0 Å². The first-order chi connectivity index (χ1) is 13.1. The molecule has 2 aromatic carbocycles. The molecule has 4 rings (SSSR count). The summed E-state index contributed by atoms with van der Waals surface area (Å²) in [6, 6.07) is 11.5. The highest BCUT2D eigenvalue weighted by Gasteiger charge is 2.27. The highest BCUT2D eigenvalue weighted by Crippen LogP contribution is 2.34. The normalized spacial score (nSPS) is 16.1. The van der Waals surface area contributed by atoms with Gasteiger partial charge in [-0.2, -0.15) is 0 Å². The van der Waals surface area contributed by atoms with E-state index in [-0.39, 0.29) is 10.6 Å². The van der Waals surface area contributed by atoms with Crippen LogP contribution in [0.4, 0.5) is 5.69 Å². The molecule has 7 nitrogen and oxygen atoms in total. The maximum absolute atomic E-state index is 11.5. The Hall–Kier alpha value is -3.06. The monoisotopic (exact) mass is 368 g/mol. The second kappa shape index (κ2) is 6.92. The van der Waals surface area contributed by atoms with Gasteiger partial charge in [0.1, 0.15) is 13.1 Å². The molecule has 0 spiro atoms. The van der Waals surface area contributed by atoms with E-state index in [1.807, 2.05) is 6.07 Å². The lowest BCUT2D eigenvalue weighted by Gasteiger charge is -2.24. The second-order valence-electron chi connectivity index (χ2n) is 6.82. The Kier molecular flexibility index (Phi) is 4.45. The van der Waals surface area contributed by atoms with Crippen LogP contribution in [0.1, 0.15) is 16.8 Å². The molecule has 1 unspecified atom stereocenters. The molecule has 0 fully saturated rings. The highest BCUT2D eigenvalue weighted by molar-refractivity contribution is 5.84. The molecule has 0 aliphatic carbocycles. The molecular formula is C20H22N3O4+. The van der Waals surface area contributed by atoms with Gasteiger partial charge in [-0.1, -0.05) is 18.2 Å². The standard InChI is InChI=1S/C20H21N3O4/c1-26-19-9-13(18(23(24)25)10-20(19)27-2)11-22-8-7-15-14-5-3-4-6-16(14)21-17(15)12-22/h3-6,9-10,21H,7-8,11-12H2,1-2H3/p+1. The molecule has 1 aromatic heterocycles. The van der Waals surface area contributed by atoms with Crippen molar-refractivity contribution in [2.75, 3.05) is 20.8 Å². The summed E-state index contributed by atoms with van der Waals surface area (Å²) in [7, 11) is 3.02. The van der Waals surface area contributed by atoms with Crippen molar-refractivity contribution >= 4 is 16.6 Å². The molecule has 1 aliphatic heterocycles. The number of quaternary nitrogens is 1. The fourth-order valence-electron chi connectivity index (χ4n) is 3.97. The first-order valence-electron chi connectivity index (χ1n) is 8.92. The molecule has 27 heavy (non-hydrogen) atoms. The predicted octanol–water partition coefficient (Wildman–Crippen LogP) is 2.23. The van der Waals surface area contributed by atoms with Crippen molar-refractivity contribution in [1.82, 2.24) is 4.98 Å². The Morgan fingerprint density at radius 3 is 2.67 bits per heavy atom. The zero-order chi connectivity index (χ0) is 19.0. The minimum atomic E-state index is -0.352. The van der Waals surface area contributed by atoms with Crippen molar-refractivity contribution < 1.29 is 19.3 Å². The number of nitrogens with one attached hydrogen (secondary N) is 2. The van der Waals surface area contributed by atoms with Crippen molar-refractivity contribution in [3.63, 3.8) is 0 Å². The van der Waals surface area contributed by atoms with E-state index in [4.69, 9.17) is 9.47 Å². The number of ether oxygens (including phenoxy) is 2. The Labute approximate surface area is 156 Å². The number of para-hydroxylation sites is 1. The van der Waals surface area contributed by atoms with E-state index < -0.39 is 0 Å². The van der Waals surface area contributed by atoms with Crippen LogP contribution in [0.3, 0.4) is 0 Å². The number of nitro benzene ring substituents is 1. The summed E-state index contributed by atoms with van der Waals surface area (Å²) in [6.45, 7) is 2.31. The Bertz CT molecular complexity index is 1010. The lowest BCUT2D eigenvalue weighted by Crippen LogP contribution is -3.10. The van der Waals surface area contributed by atoms with Crippen LogP contribution >= 0.6 is 0 Å². The Morgan fingerprint density at radius 1 is 1.19 bits per heavy atom. The van der Waals surface area contributed by atoms with E-state index in [1.54, 1.807) is 6.07 Å². The SMILES string of the molecule is COc1cc(C[NH+]2CCc3c([nH]c4ccccc34)C2)c([N+](=O)[O-])cc1OC. The summed E-state index contributed by atoms with van der Waals surface area (Å²) < 4.78 is 10.5. The number of aromatic amines is 1. The zero-order valence-corrected chi connectivity index (χ0v) is 15.4. The van der Waals surface area contributed by atoms with Crippen molar-refractivity contribution in [3.8, 4) is 11.5 Å². The summed E-state index contributed by atoms with van der Waals surface area (Å²) in [5.74, 6) is 0.889. The summed E-state index contributed by atoms with van der Waals surface area (Å²) in [4.78, 5) is 16.0. The largest absolute Gasteiger partial charge is 0.493 e. The molecule has 0 saturated carbocycles. The summed E-state index contributed by atoms with van der Waals surface area (Å²) in [5.41, 5.74) is 4.48. The first-order valence-corrected chi connectivity index (χ1v) is 8.92. The topological polar surface area (TPSA) is 81.8 Å². The van der Waals surface area contributed by atoms with Crippen LogP contribution in [0.15, 0.2) is 36.4 Å². The average molecular weight is 368 g/mol. The van der Waals surface area contributed by atoms with Crippen LogP contribution in [0.5, 0.6) is 11.5 Å². The maximum Gasteiger partial charge on any atom is 0.282 e. The molecule has 0 saturated heterocycles. The quantitative estimate of drug-likeness (QED) is 0.535. The fourth-order valence-corrected chi connectivity index (χ4v) is 3.97. The van der Waals surface area contributed by atoms with Gasteiger partial charge in [0, 0.05) is 17.3 Å². The minimum Gasteiger partial charge on any atom is -0.493 e. The third-order valence-corrected chi connectivity index (χ3v) is 5.28. The predicted molar refractivity (Wildman–Crippen MR) is 101 cm³/mol. The van der Waals surface area contributed by atoms with E-state index in [0.717, 1.165) is 25.0 Å². The van der Waals surface area contributed by atoms with Gasteiger partial charge in [0.15, 0.2) is 11.5 Å². The van der Waals surface area contributed by atoms with E-state index in [2.05, 4.69) is 23.2 Å². The molecule has 0 radical (unpaired) electrons. The molecule has 0 bridgehead atoms. The second-order valence-corrected chi connectivity index (χ2v) is 6.82. The molecular weight excluding hydrogens is 346 g/mol. The molecule has 0 amide bonds. The van der Waals surface area contributed by atoms with Crippen LogP contribution in [0.2, 0.25) is 0 Å². The number of aromatic nitrogens is 1. The summed E-state index contributed by atoms with van der Waals surface area (Å²) >= 11 is 0. The van der Waals surface area contributed by atoms with Gasteiger partial charge in [-0.25, -0.2) is 0 Å². The number of H-pyrrole nitrogens is 1. The van der Waals surface area contributed by atoms with E-state index in [1.165, 1.54) is 41.8 Å². The lowest BCUT2D eigenvalue weighted by molar-refractivity contribution is -0.929. The van der Waals surface area contributed by atoms with Gasteiger partial charge in [-0.3, -0.25) is 10.1 Å². The van der Waals surface area contributed by atoms with Crippen molar-refractivity contribution in [3.05, 3.63) is 63.3 Å². The highest BCUT2D eigenvalue weighted by atomic mass is 16.6. The van der Waals surface area contributed by atoms with Crippen LogP contribution in [-0.4, -0.2) is 30.7 Å². The van der Waals surface area contributed by atoms with Gasteiger partial charge < -0.3 is 19.4 Å². The molecule has 7 heteroatoms. The smallest absolute Gasteiger partial charge is 0.282 e. The fraction of sp³-hybridized carbons (Fsp3) is 0.300.